The molecule has 0 spiro atoms. The van der Waals surface area contributed by atoms with Crippen molar-refractivity contribution in [2.24, 2.45) is 0 Å². The maximum Gasteiger partial charge on any atom is 0.0679 e. The van der Waals surface area contributed by atoms with E-state index >= 15 is 0 Å². The van der Waals surface area contributed by atoms with E-state index < -0.39 is 0 Å². The first-order valence-electron chi connectivity index (χ1n) is 5.31. The highest BCUT2D eigenvalue weighted by molar-refractivity contribution is 4.70. The van der Waals surface area contributed by atoms with Crippen molar-refractivity contribution in [3.8, 4) is 0 Å². The summed E-state index contributed by atoms with van der Waals surface area (Å²) in [7, 11) is 4.05. The molecule has 4 nitrogen and oxygen atoms in total. The van der Waals surface area contributed by atoms with Crippen LogP contribution in [0.15, 0.2) is 0 Å². The molecule has 2 saturated heterocycles. The van der Waals surface area contributed by atoms with Gasteiger partial charge in [-0.3, -0.25) is 0 Å². The van der Waals surface area contributed by atoms with E-state index in [-0.39, 0.29) is 12.2 Å². The van der Waals surface area contributed by atoms with Crippen LogP contribution in [0.2, 0.25) is 0 Å². The average molecular weight is 202 g/mol. The van der Waals surface area contributed by atoms with Gasteiger partial charge in [-0.25, -0.2) is 0 Å². The number of hydrogen-bond donors (Lipinski definition) is 2. The molecular weight excluding hydrogens is 180 g/mol. The van der Waals surface area contributed by atoms with Gasteiger partial charge in [-0.1, -0.05) is 0 Å². The van der Waals surface area contributed by atoms with Crippen molar-refractivity contribution < 1.29 is 10.2 Å². The van der Waals surface area contributed by atoms with E-state index in [2.05, 4.69) is 9.80 Å². The third kappa shape index (κ3) is 4.37. The molecular formula is C10H22N2O2. The first-order chi connectivity index (χ1) is 6.58. The second-order valence-corrected chi connectivity index (χ2v) is 4.41. The molecule has 14 heavy (non-hydrogen) atoms. The zero-order valence-corrected chi connectivity index (χ0v) is 9.19. The summed E-state index contributed by atoms with van der Waals surface area (Å²) >= 11 is 0. The highest BCUT2D eigenvalue weighted by Crippen LogP contribution is 2.04. The lowest BCUT2D eigenvalue weighted by atomic mass is 10.3. The molecule has 0 aromatic rings. The van der Waals surface area contributed by atoms with Gasteiger partial charge >= 0.3 is 0 Å². The molecule has 2 heterocycles. The van der Waals surface area contributed by atoms with Gasteiger partial charge in [0.25, 0.3) is 0 Å². The Balaban J connectivity index is 0.000000140. The van der Waals surface area contributed by atoms with Crippen LogP contribution in [-0.2, 0) is 0 Å². The zero-order valence-electron chi connectivity index (χ0n) is 9.19. The fraction of sp³-hybridized carbons (Fsp3) is 1.00. The second kappa shape index (κ2) is 5.66. The van der Waals surface area contributed by atoms with Gasteiger partial charge < -0.3 is 20.0 Å². The molecule has 2 fully saturated rings. The molecule has 0 aromatic carbocycles. The Morgan fingerprint density at radius 3 is 1.29 bits per heavy atom. The lowest BCUT2D eigenvalue weighted by Crippen LogP contribution is -2.15. The van der Waals surface area contributed by atoms with E-state index in [4.69, 9.17) is 10.2 Å². The Kier molecular flexibility index (Phi) is 4.81. The number of likely N-dealkylation sites (N-methyl/N-ethyl adjacent to an activating group) is 2. The van der Waals surface area contributed by atoms with E-state index in [1.165, 1.54) is 0 Å². The number of likely N-dealkylation sites (tertiary alicyclic amines) is 2. The van der Waals surface area contributed by atoms with Crippen molar-refractivity contribution in [2.75, 3.05) is 40.3 Å². The van der Waals surface area contributed by atoms with Crippen molar-refractivity contribution >= 4 is 0 Å². The predicted molar refractivity (Wildman–Crippen MR) is 56.2 cm³/mol. The third-order valence-corrected chi connectivity index (χ3v) is 2.73. The predicted octanol–water partition coefficient (Wildman–Crippen LogP) is -0.634. The van der Waals surface area contributed by atoms with Gasteiger partial charge in [-0.15, -0.1) is 0 Å². The standard InChI is InChI=1S/2C5H11NO/c2*1-6-3-2-5(7)4-6/h2*5,7H,2-4H2,1H3/t2*5-/m10/s1. The van der Waals surface area contributed by atoms with Crippen molar-refractivity contribution in [1.29, 1.82) is 0 Å². The summed E-state index contributed by atoms with van der Waals surface area (Å²) in [4.78, 5) is 4.26. The summed E-state index contributed by atoms with van der Waals surface area (Å²) < 4.78 is 0. The Morgan fingerprint density at radius 2 is 1.21 bits per heavy atom. The van der Waals surface area contributed by atoms with Crippen molar-refractivity contribution in [1.82, 2.24) is 9.80 Å². The van der Waals surface area contributed by atoms with Gasteiger partial charge in [0.15, 0.2) is 0 Å². The molecule has 84 valence electrons. The van der Waals surface area contributed by atoms with Crippen LogP contribution in [0.5, 0.6) is 0 Å². The number of hydrogen-bond acceptors (Lipinski definition) is 4. The number of rotatable bonds is 0. The zero-order chi connectivity index (χ0) is 10.6. The highest BCUT2D eigenvalue weighted by Gasteiger charge is 2.15. The number of aliphatic hydroxyl groups is 2. The maximum atomic E-state index is 8.86. The SMILES string of the molecule is CN1CC[C@@H](O)C1.CN1CC[C@H](O)C1. The summed E-state index contributed by atoms with van der Waals surface area (Å²) in [5.41, 5.74) is 0. The monoisotopic (exact) mass is 202 g/mol. The molecule has 2 aliphatic heterocycles. The number of β-amino-alcohol motifs (C(OH)–C–C–N with tert-alkyl or cyclic N) is 2. The van der Waals surface area contributed by atoms with Crippen LogP contribution < -0.4 is 0 Å². The van der Waals surface area contributed by atoms with Gasteiger partial charge in [0.2, 0.25) is 0 Å². The van der Waals surface area contributed by atoms with E-state index in [0.717, 1.165) is 39.0 Å². The first kappa shape index (κ1) is 11.9. The van der Waals surface area contributed by atoms with Crippen molar-refractivity contribution in [3.05, 3.63) is 0 Å². The summed E-state index contributed by atoms with van der Waals surface area (Å²) in [5.74, 6) is 0. The maximum absolute atomic E-state index is 8.86. The molecule has 2 aliphatic rings. The van der Waals surface area contributed by atoms with Crippen LogP contribution in [0.25, 0.3) is 0 Å². The van der Waals surface area contributed by atoms with Crippen LogP contribution in [0, 0.1) is 0 Å². The molecule has 0 radical (unpaired) electrons. The second-order valence-electron chi connectivity index (χ2n) is 4.41. The molecule has 4 heteroatoms. The smallest absolute Gasteiger partial charge is 0.0679 e. The van der Waals surface area contributed by atoms with Crippen LogP contribution >= 0.6 is 0 Å². The Bertz CT molecular complexity index is 132. The lowest BCUT2D eigenvalue weighted by Gasteiger charge is -2.02. The summed E-state index contributed by atoms with van der Waals surface area (Å²) in [5, 5.41) is 17.7. The van der Waals surface area contributed by atoms with Crippen molar-refractivity contribution in [2.45, 2.75) is 25.0 Å². The molecule has 0 aliphatic carbocycles. The minimum absolute atomic E-state index is 0.0509. The summed E-state index contributed by atoms with van der Waals surface area (Å²) in [6.07, 6.45) is 1.81. The topological polar surface area (TPSA) is 46.9 Å². The quantitative estimate of drug-likeness (QED) is 0.549. The van der Waals surface area contributed by atoms with Gasteiger partial charge in [0.1, 0.15) is 0 Å². The molecule has 0 amide bonds. The van der Waals surface area contributed by atoms with Crippen LogP contribution in [0.3, 0.4) is 0 Å². The average Bonchev–Trinajstić information content (AvgIpc) is 2.63. The molecule has 0 saturated carbocycles. The number of nitrogens with zero attached hydrogens (tertiary/aromatic N) is 2. The molecule has 2 rings (SSSR count). The Labute approximate surface area is 86.1 Å². The Hall–Kier alpha value is -0.160. The molecule has 2 N–H and O–H groups in total. The van der Waals surface area contributed by atoms with Crippen LogP contribution in [-0.4, -0.2) is 72.5 Å². The summed E-state index contributed by atoms with van der Waals surface area (Å²) in [6.45, 7) is 3.84. The minimum atomic E-state index is -0.0509. The first-order valence-corrected chi connectivity index (χ1v) is 5.31. The fourth-order valence-corrected chi connectivity index (χ4v) is 1.82. The van der Waals surface area contributed by atoms with Gasteiger partial charge in [-0.05, 0) is 26.9 Å². The molecule has 2 atom stereocenters. The Morgan fingerprint density at radius 1 is 0.857 bits per heavy atom. The normalized spacial score (nSPS) is 34.3. The third-order valence-electron chi connectivity index (χ3n) is 2.73. The van der Waals surface area contributed by atoms with Crippen LogP contribution in [0.1, 0.15) is 12.8 Å². The lowest BCUT2D eigenvalue weighted by molar-refractivity contribution is 0.182. The number of aliphatic hydroxyl groups excluding tert-OH is 2. The van der Waals surface area contributed by atoms with Gasteiger partial charge in [0.05, 0.1) is 12.2 Å². The molecule has 0 aromatic heterocycles. The highest BCUT2D eigenvalue weighted by atomic mass is 16.3. The summed E-state index contributed by atoms with van der Waals surface area (Å²) in [6, 6.07) is 0. The molecule has 0 bridgehead atoms. The fourth-order valence-electron chi connectivity index (χ4n) is 1.82. The minimum Gasteiger partial charge on any atom is -0.392 e. The van der Waals surface area contributed by atoms with Crippen molar-refractivity contribution in [3.63, 3.8) is 0 Å². The van der Waals surface area contributed by atoms with E-state index in [1.54, 1.807) is 0 Å². The van der Waals surface area contributed by atoms with Gasteiger partial charge in [0, 0.05) is 26.2 Å². The molecule has 0 unspecified atom stereocenters. The van der Waals surface area contributed by atoms with E-state index in [0.29, 0.717) is 0 Å². The van der Waals surface area contributed by atoms with E-state index in [1.807, 2.05) is 14.1 Å². The van der Waals surface area contributed by atoms with Crippen LogP contribution in [0.4, 0.5) is 0 Å². The van der Waals surface area contributed by atoms with E-state index in [9.17, 15) is 0 Å². The van der Waals surface area contributed by atoms with Gasteiger partial charge in [-0.2, -0.15) is 0 Å². The largest absolute Gasteiger partial charge is 0.392 e.